The molecule has 0 fully saturated rings. The highest BCUT2D eigenvalue weighted by Crippen LogP contribution is 2.35. The van der Waals surface area contributed by atoms with Crippen LogP contribution in [0.1, 0.15) is 31.0 Å². The molecule has 0 saturated carbocycles. The van der Waals surface area contributed by atoms with Crippen molar-refractivity contribution in [3.8, 4) is 11.5 Å². The van der Waals surface area contributed by atoms with E-state index < -0.39 is 18.0 Å². The molecule has 2 aromatic rings. The number of hydrogen-bond acceptors (Lipinski definition) is 4. The second-order valence-corrected chi connectivity index (χ2v) is 6.97. The van der Waals surface area contributed by atoms with Crippen LogP contribution < -0.4 is 14.8 Å². The lowest BCUT2D eigenvalue weighted by Crippen LogP contribution is -2.42. The van der Waals surface area contributed by atoms with Crippen molar-refractivity contribution in [3.63, 3.8) is 0 Å². The first-order valence-corrected chi connectivity index (χ1v) is 9.18. The molecule has 0 bridgehead atoms. The van der Waals surface area contributed by atoms with Crippen LogP contribution in [0.4, 0.5) is 4.79 Å². The van der Waals surface area contributed by atoms with E-state index in [0.717, 1.165) is 11.1 Å². The van der Waals surface area contributed by atoms with E-state index in [2.05, 4.69) is 10.3 Å². The van der Waals surface area contributed by atoms with Crippen LogP contribution in [0, 0.1) is 5.92 Å². The minimum Gasteiger partial charge on any atom is -0.493 e. The molecule has 0 spiro atoms. The Kier molecular flexibility index (Phi) is 5.99. The van der Waals surface area contributed by atoms with Crippen molar-refractivity contribution >= 4 is 29.1 Å². The Labute approximate surface area is 168 Å². The number of benzene rings is 2. The Bertz CT molecular complexity index is 942. The first-order chi connectivity index (χ1) is 13.4. The maximum Gasteiger partial charge on any atom is 0.341 e. The van der Waals surface area contributed by atoms with E-state index >= 15 is 0 Å². The van der Waals surface area contributed by atoms with E-state index in [1.54, 1.807) is 25.1 Å². The topological polar surface area (TPSA) is 77.0 Å². The van der Waals surface area contributed by atoms with Gasteiger partial charge in [-0.25, -0.2) is 9.79 Å². The maximum atomic E-state index is 12.1. The zero-order valence-corrected chi connectivity index (χ0v) is 16.6. The van der Waals surface area contributed by atoms with Gasteiger partial charge < -0.3 is 14.8 Å². The number of carbonyl (C=O) groups excluding carboxylic acids is 2. The van der Waals surface area contributed by atoms with E-state index in [9.17, 15) is 9.59 Å². The number of ether oxygens (including phenoxy) is 2. The van der Waals surface area contributed by atoms with Crippen LogP contribution >= 0.6 is 11.6 Å². The molecule has 0 aromatic heterocycles. The van der Waals surface area contributed by atoms with Crippen molar-refractivity contribution in [2.45, 2.75) is 26.5 Å². The third-order valence-corrected chi connectivity index (χ3v) is 5.03. The Morgan fingerprint density at radius 1 is 1.21 bits per heavy atom. The minimum atomic E-state index is -0.516. The second kappa shape index (κ2) is 8.44. The minimum absolute atomic E-state index is 0.0655. The molecule has 6 nitrogen and oxygen atoms in total. The van der Waals surface area contributed by atoms with Gasteiger partial charge in [0, 0.05) is 16.3 Å². The summed E-state index contributed by atoms with van der Waals surface area (Å²) in [5, 5.41) is 3.40. The zero-order valence-electron chi connectivity index (χ0n) is 15.9. The van der Waals surface area contributed by atoms with Crippen LogP contribution in [-0.4, -0.2) is 24.6 Å². The Morgan fingerprint density at radius 2 is 1.96 bits per heavy atom. The number of urea groups is 1. The SMILES string of the molecule is COc1cc(C2NC(=O)N=C(C)C2C(C)=O)ccc1OCc1ccccc1Cl. The zero-order chi connectivity index (χ0) is 20.3. The first kappa shape index (κ1) is 19.9. The van der Waals surface area contributed by atoms with Crippen molar-refractivity contribution in [1.29, 1.82) is 0 Å². The number of nitrogens with zero attached hydrogens (tertiary/aromatic N) is 1. The fourth-order valence-corrected chi connectivity index (χ4v) is 3.48. The van der Waals surface area contributed by atoms with Gasteiger partial charge in [0.2, 0.25) is 0 Å². The summed E-state index contributed by atoms with van der Waals surface area (Å²) < 4.78 is 11.3. The molecule has 7 heteroatoms. The summed E-state index contributed by atoms with van der Waals surface area (Å²) in [5.41, 5.74) is 2.10. The van der Waals surface area contributed by atoms with Crippen molar-refractivity contribution in [1.82, 2.24) is 5.32 Å². The molecule has 2 aromatic carbocycles. The summed E-state index contributed by atoms with van der Waals surface area (Å²) >= 11 is 6.17. The predicted molar refractivity (Wildman–Crippen MR) is 107 cm³/mol. The van der Waals surface area contributed by atoms with Crippen molar-refractivity contribution in [2.75, 3.05) is 7.11 Å². The maximum absolute atomic E-state index is 12.1. The van der Waals surface area contributed by atoms with Gasteiger partial charge >= 0.3 is 6.03 Å². The Morgan fingerprint density at radius 3 is 2.64 bits per heavy atom. The number of aliphatic imine (C=N–C) groups is 1. The molecule has 0 aliphatic carbocycles. The molecule has 0 radical (unpaired) electrons. The van der Waals surface area contributed by atoms with Gasteiger partial charge in [-0.15, -0.1) is 0 Å². The molecule has 0 saturated heterocycles. The molecule has 3 rings (SSSR count). The lowest BCUT2D eigenvalue weighted by atomic mass is 9.85. The Hall–Kier alpha value is -2.86. The number of halogens is 1. The number of Topliss-reactive ketones (excluding diaryl/α,β-unsaturated/α-hetero) is 1. The quantitative estimate of drug-likeness (QED) is 0.781. The second-order valence-electron chi connectivity index (χ2n) is 6.56. The number of hydrogen-bond donors (Lipinski definition) is 1. The number of rotatable bonds is 6. The van der Waals surface area contributed by atoms with Gasteiger partial charge in [-0.05, 0) is 37.6 Å². The molecular formula is C21H21ClN2O4. The van der Waals surface area contributed by atoms with Crippen molar-refractivity contribution < 1.29 is 19.1 Å². The molecule has 1 aliphatic rings. The smallest absolute Gasteiger partial charge is 0.341 e. The summed E-state index contributed by atoms with van der Waals surface area (Å²) in [6.07, 6.45) is 0. The Balaban J connectivity index is 1.86. The molecule has 2 unspecified atom stereocenters. The van der Waals surface area contributed by atoms with E-state index in [0.29, 0.717) is 22.2 Å². The normalized spacial score (nSPS) is 18.9. The molecule has 1 heterocycles. The van der Waals surface area contributed by atoms with Gasteiger partial charge in [-0.3, -0.25) is 4.79 Å². The monoisotopic (exact) mass is 400 g/mol. The van der Waals surface area contributed by atoms with Gasteiger partial charge in [-0.1, -0.05) is 35.9 Å². The third-order valence-electron chi connectivity index (χ3n) is 4.67. The average Bonchev–Trinajstić information content (AvgIpc) is 2.66. The van der Waals surface area contributed by atoms with Crippen LogP contribution in [0.2, 0.25) is 5.02 Å². The molecule has 2 amide bonds. The molecule has 1 N–H and O–H groups in total. The number of carbonyl (C=O) groups is 2. The van der Waals surface area contributed by atoms with Gasteiger partial charge in [0.25, 0.3) is 0 Å². The molecule has 1 aliphatic heterocycles. The van der Waals surface area contributed by atoms with Gasteiger partial charge in [0.05, 0.1) is 19.1 Å². The number of amides is 2. The highest BCUT2D eigenvalue weighted by atomic mass is 35.5. The number of ketones is 1. The van der Waals surface area contributed by atoms with Gasteiger partial charge in [-0.2, -0.15) is 0 Å². The highest BCUT2D eigenvalue weighted by molar-refractivity contribution is 6.31. The van der Waals surface area contributed by atoms with Crippen LogP contribution in [0.25, 0.3) is 0 Å². The number of methoxy groups -OCH3 is 1. The van der Waals surface area contributed by atoms with Crippen LogP contribution in [0.5, 0.6) is 11.5 Å². The van der Waals surface area contributed by atoms with Crippen molar-refractivity contribution in [2.24, 2.45) is 10.9 Å². The van der Waals surface area contributed by atoms with Crippen LogP contribution in [0.3, 0.4) is 0 Å². The van der Waals surface area contributed by atoms with E-state index in [1.165, 1.54) is 14.0 Å². The molecule has 28 heavy (non-hydrogen) atoms. The van der Waals surface area contributed by atoms with E-state index in [-0.39, 0.29) is 12.4 Å². The highest BCUT2D eigenvalue weighted by Gasteiger charge is 2.35. The summed E-state index contributed by atoms with van der Waals surface area (Å²) in [4.78, 5) is 27.8. The largest absolute Gasteiger partial charge is 0.493 e. The predicted octanol–water partition coefficient (Wildman–Crippen LogP) is 4.36. The lowest BCUT2D eigenvalue weighted by molar-refractivity contribution is -0.119. The van der Waals surface area contributed by atoms with Gasteiger partial charge in [0.15, 0.2) is 11.5 Å². The fraction of sp³-hybridized carbons (Fsp3) is 0.286. The summed E-state index contributed by atoms with van der Waals surface area (Å²) in [6, 6.07) is 11.8. The summed E-state index contributed by atoms with van der Waals surface area (Å²) in [5.74, 6) is 0.459. The summed E-state index contributed by atoms with van der Waals surface area (Å²) in [7, 11) is 1.54. The molecule has 2 atom stereocenters. The number of nitrogens with one attached hydrogen (secondary N) is 1. The van der Waals surface area contributed by atoms with E-state index in [1.807, 2.05) is 24.3 Å². The average molecular weight is 401 g/mol. The fourth-order valence-electron chi connectivity index (χ4n) is 3.29. The standard InChI is InChI=1S/C21H21ClN2O4/c1-12-19(13(2)25)20(24-21(26)23-12)14-8-9-17(18(10-14)27-3)28-11-15-6-4-5-7-16(15)22/h4-10,19-20H,11H2,1-3H3,(H,24,26). The van der Waals surface area contributed by atoms with Gasteiger partial charge in [0.1, 0.15) is 12.4 Å². The lowest BCUT2D eigenvalue weighted by Gasteiger charge is -2.30. The van der Waals surface area contributed by atoms with Crippen LogP contribution in [-0.2, 0) is 11.4 Å². The first-order valence-electron chi connectivity index (χ1n) is 8.81. The van der Waals surface area contributed by atoms with E-state index in [4.69, 9.17) is 21.1 Å². The molecular weight excluding hydrogens is 380 g/mol. The third kappa shape index (κ3) is 4.17. The van der Waals surface area contributed by atoms with Crippen LogP contribution in [0.15, 0.2) is 47.5 Å². The summed E-state index contributed by atoms with van der Waals surface area (Å²) in [6.45, 7) is 3.47. The molecule has 146 valence electrons. The van der Waals surface area contributed by atoms with Crippen molar-refractivity contribution in [3.05, 3.63) is 58.6 Å².